The van der Waals surface area contributed by atoms with E-state index in [1.54, 1.807) is 6.07 Å². The third-order valence-corrected chi connectivity index (χ3v) is 4.52. The molecule has 1 fully saturated rings. The Balaban J connectivity index is 1.95. The molecule has 0 unspecified atom stereocenters. The van der Waals surface area contributed by atoms with Gasteiger partial charge >= 0.3 is 0 Å². The van der Waals surface area contributed by atoms with E-state index in [9.17, 15) is 0 Å². The van der Waals surface area contributed by atoms with Crippen LogP contribution in [-0.4, -0.2) is 16.7 Å². The number of nitrogens with two attached hydrogens (primary N) is 1. The number of aromatic nitrogens is 2. The molecule has 0 saturated heterocycles. The monoisotopic (exact) mass is 327 g/mol. The van der Waals surface area contributed by atoms with Gasteiger partial charge in [0, 0.05) is 16.6 Å². The fraction of sp³-hybridized carbons (Fsp3) is 0.333. The topological polar surface area (TPSA) is 64.9 Å². The zero-order valence-electron chi connectivity index (χ0n) is 9.49. The fourth-order valence-electron chi connectivity index (χ4n) is 1.85. The Morgan fingerprint density at radius 2 is 2.22 bits per heavy atom. The van der Waals surface area contributed by atoms with Gasteiger partial charge < -0.3 is 10.3 Å². The normalized spacial score (nSPS) is 16.8. The molecule has 0 atom stereocenters. The van der Waals surface area contributed by atoms with Crippen LogP contribution in [0, 0.1) is 0 Å². The number of halogens is 2. The van der Waals surface area contributed by atoms with E-state index in [2.05, 4.69) is 26.1 Å². The van der Waals surface area contributed by atoms with Crippen molar-refractivity contribution in [1.29, 1.82) is 0 Å². The highest BCUT2D eigenvalue weighted by Crippen LogP contribution is 2.46. The van der Waals surface area contributed by atoms with E-state index in [0.717, 1.165) is 22.9 Å². The standard InChI is InChI=1S/C12H11BrClN3O/c13-8-5-7(1-2-9(8)14)10-16-11(18-17-10)12(6-15)3-4-12/h1-2,5H,3-4,6,15H2. The summed E-state index contributed by atoms with van der Waals surface area (Å²) in [4.78, 5) is 4.43. The number of nitrogens with zero attached hydrogens (tertiary/aromatic N) is 2. The Labute approximate surface area is 118 Å². The first-order chi connectivity index (χ1) is 8.64. The van der Waals surface area contributed by atoms with Crippen LogP contribution >= 0.6 is 27.5 Å². The summed E-state index contributed by atoms with van der Waals surface area (Å²) in [5, 5.41) is 4.66. The molecule has 0 aliphatic heterocycles. The molecular formula is C12H11BrClN3O. The van der Waals surface area contributed by atoms with Crippen LogP contribution < -0.4 is 5.73 Å². The van der Waals surface area contributed by atoms with Crippen molar-refractivity contribution >= 4 is 27.5 Å². The Hall–Kier alpha value is -0.910. The molecule has 0 amide bonds. The molecule has 0 bridgehead atoms. The zero-order valence-corrected chi connectivity index (χ0v) is 11.8. The third kappa shape index (κ3) is 1.96. The van der Waals surface area contributed by atoms with Gasteiger partial charge in [0.25, 0.3) is 0 Å². The van der Waals surface area contributed by atoms with Crippen LogP contribution in [0.2, 0.25) is 5.02 Å². The number of hydrogen-bond donors (Lipinski definition) is 1. The van der Waals surface area contributed by atoms with Crippen LogP contribution in [0.1, 0.15) is 18.7 Å². The molecule has 1 heterocycles. The van der Waals surface area contributed by atoms with E-state index < -0.39 is 0 Å². The Bertz CT molecular complexity index is 595. The van der Waals surface area contributed by atoms with Gasteiger partial charge in [-0.1, -0.05) is 16.8 Å². The van der Waals surface area contributed by atoms with Crippen molar-refractivity contribution < 1.29 is 4.52 Å². The molecule has 3 rings (SSSR count). The zero-order chi connectivity index (χ0) is 12.8. The predicted molar refractivity (Wildman–Crippen MR) is 72.4 cm³/mol. The van der Waals surface area contributed by atoms with Crippen molar-refractivity contribution in [3.05, 3.63) is 33.6 Å². The van der Waals surface area contributed by atoms with Gasteiger partial charge in [0.15, 0.2) is 0 Å². The maximum absolute atomic E-state index is 5.95. The molecule has 94 valence electrons. The lowest BCUT2D eigenvalue weighted by Crippen LogP contribution is -2.19. The first-order valence-corrected chi connectivity index (χ1v) is 6.81. The van der Waals surface area contributed by atoms with Gasteiger partial charge in [0.05, 0.1) is 10.4 Å². The van der Waals surface area contributed by atoms with Crippen molar-refractivity contribution in [2.75, 3.05) is 6.54 Å². The summed E-state index contributed by atoms with van der Waals surface area (Å²) in [6.45, 7) is 0.555. The van der Waals surface area contributed by atoms with Crippen LogP contribution in [0.15, 0.2) is 27.2 Å². The lowest BCUT2D eigenvalue weighted by Gasteiger charge is -2.03. The summed E-state index contributed by atoms with van der Waals surface area (Å²) in [6.07, 6.45) is 2.05. The Morgan fingerprint density at radius 1 is 1.44 bits per heavy atom. The SMILES string of the molecule is NCC1(c2nc(-c3ccc(Cl)c(Br)c3)no2)CC1. The Morgan fingerprint density at radius 3 is 2.83 bits per heavy atom. The average molecular weight is 329 g/mol. The molecule has 2 N–H and O–H groups in total. The number of benzene rings is 1. The molecule has 6 heteroatoms. The second kappa shape index (κ2) is 4.33. The number of rotatable bonds is 3. The summed E-state index contributed by atoms with van der Waals surface area (Å²) >= 11 is 9.33. The minimum atomic E-state index is -0.0745. The minimum absolute atomic E-state index is 0.0745. The maximum Gasteiger partial charge on any atom is 0.234 e. The van der Waals surface area contributed by atoms with Crippen molar-refractivity contribution in [3.63, 3.8) is 0 Å². The van der Waals surface area contributed by atoms with Crippen LogP contribution in [0.25, 0.3) is 11.4 Å². The van der Waals surface area contributed by atoms with E-state index in [4.69, 9.17) is 21.9 Å². The van der Waals surface area contributed by atoms with Crippen molar-refractivity contribution in [2.45, 2.75) is 18.3 Å². The van der Waals surface area contributed by atoms with Crippen LogP contribution in [0.3, 0.4) is 0 Å². The van der Waals surface area contributed by atoms with E-state index >= 15 is 0 Å². The van der Waals surface area contributed by atoms with Crippen LogP contribution in [0.4, 0.5) is 0 Å². The van der Waals surface area contributed by atoms with Crippen LogP contribution in [0.5, 0.6) is 0 Å². The van der Waals surface area contributed by atoms with Gasteiger partial charge in [-0.15, -0.1) is 0 Å². The second-order valence-electron chi connectivity index (χ2n) is 4.54. The number of hydrogen-bond acceptors (Lipinski definition) is 4. The maximum atomic E-state index is 5.95. The summed E-state index contributed by atoms with van der Waals surface area (Å²) in [5.74, 6) is 1.22. The smallest absolute Gasteiger partial charge is 0.234 e. The summed E-state index contributed by atoms with van der Waals surface area (Å²) in [7, 11) is 0. The summed E-state index contributed by atoms with van der Waals surface area (Å²) in [5.41, 5.74) is 6.54. The molecular weight excluding hydrogens is 318 g/mol. The second-order valence-corrected chi connectivity index (χ2v) is 5.80. The first-order valence-electron chi connectivity index (χ1n) is 5.64. The van der Waals surface area contributed by atoms with Gasteiger partial charge in [-0.05, 0) is 47.0 Å². The van der Waals surface area contributed by atoms with Gasteiger partial charge in [-0.2, -0.15) is 4.98 Å². The van der Waals surface area contributed by atoms with Crippen molar-refractivity contribution in [1.82, 2.24) is 10.1 Å². The summed E-state index contributed by atoms with van der Waals surface area (Å²) in [6, 6.07) is 5.54. The van der Waals surface area contributed by atoms with Gasteiger partial charge in [0.2, 0.25) is 11.7 Å². The average Bonchev–Trinajstić information content (AvgIpc) is 3.02. The molecule has 2 aromatic rings. The molecule has 1 aromatic carbocycles. The molecule has 1 aliphatic carbocycles. The largest absolute Gasteiger partial charge is 0.338 e. The summed E-state index contributed by atoms with van der Waals surface area (Å²) < 4.78 is 6.13. The highest BCUT2D eigenvalue weighted by Gasteiger charge is 2.48. The molecule has 1 saturated carbocycles. The van der Waals surface area contributed by atoms with Gasteiger partial charge in [-0.25, -0.2) is 0 Å². The molecule has 18 heavy (non-hydrogen) atoms. The van der Waals surface area contributed by atoms with Crippen LogP contribution in [-0.2, 0) is 5.41 Å². The molecule has 1 aromatic heterocycles. The predicted octanol–water partition coefficient (Wildman–Crippen LogP) is 3.14. The van der Waals surface area contributed by atoms with Crippen molar-refractivity contribution in [3.8, 4) is 11.4 Å². The minimum Gasteiger partial charge on any atom is -0.338 e. The lowest BCUT2D eigenvalue weighted by molar-refractivity contribution is 0.347. The van der Waals surface area contributed by atoms with Gasteiger partial charge in [-0.3, -0.25) is 0 Å². The lowest BCUT2D eigenvalue weighted by atomic mass is 10.1. The Kier molecular flexibility index (Phi) is 2.92. The quantitative estimate of drug-likeness (QED) is 0.940. The molecule has 4 nitrogen and oxygen atoms in total. The molecule has 1 aliphatic rings. The van der Waals surface area contributed by atoms with Crippen molar-refractivity contribution in [2.24, 2.45) is 5.73 Å². The third-order valence-electron chi connectivity index (χ3n) is 3.30. The highest BCUT2D eigenvalue weighted by molar-refractivity contribution is 9.10. The highest BCUT2D eigenvalue weighted by atomic mass is 79.9. The molecule has 0 radical (unpaired) electrons. The molecule has 0 spiro atoms. The van der Waals surface area contributed by atoms with Gasteiger partial charge in [0.1, 0.15) is 0 Å². The first kappa shape index (κ1) is 12.1. The van der Waals surface area contributed by atoms with E-state index in [1.807, 2.05) is 12.1 Å². The van der Waals surface area contributed by atoms with E-state index in [1.165, 1.54) is 0 Å². The van der Waals surface area contributed by atoms with E-state index in [0.29, 0.717) is 23.3 Å². The fourth-order valence-corrected chi connectivity index (χ4v) is 2.34. The van der Waals surface area contributed by atoms with E-state index in [-0.39, 0.29) is 5.41 Å².